The first kappa shape index (κ1) is 36.6. The predicted octanol–water partition coefficient (Wildman–Crippen LogP) is 8.26. The van der Waals surface area contributed by atoms with E-state index in [9.17, 15) is 57.5 Å². The Labute approximate surface area is 264 Å². The molecule has 1 amide bonds. The van der Waals surface area contributed by atoms with Gasteiger partial charge in [-0.2, -0.15) is 57.5 Å². The number of amides is 1. The van der Waals surface area contributed by atoms with Crippen molar-refractivity contribution in [3.05, 3.63) is 63.7 Å². The van der Waals surface area contributed by atoms with Crippen molar-refractivity contribution in [2.75, 3.05) is 16.3 Å². The lowest BCUT2D eigenvalue weighted by atomic mass is 9.93. The molecule has 0 bridgehead atoms. The van der Waals surface area contributed by atoms with Crippen LogP contribution in [0, 0.1) is 0 Å². The van der Waals surface area contributed by atoms with Crippen LogP contribution >= 0.6 is 0 Å². The number of tetrazole rings is 1. The number of alkyl halides is 12. The first-order valence-electron chi connectivity index (χ1n) is 14.1. The largest absolute Gasteiger partial charge is 0.436 e. The van der Waals surface area contributed by atoms with Crippen molar-refractivity contribution in [3.63, 3.8) is 0 Å². The van der Waals surface area contributed by atoms with E-state index >= 15 is 0 Å². The highest BCUT2D eigenvalue weighted by molar-refractivity contribution is 5.89. The number of hydrogen-bond donors (Lipinski definition) is 0. The van der Waals surface area contributed by atoms with Crippen LogP contribution in [-0.2, 0) is 43.3 Å². The molecule has 48 heavy (non-hydrogen) atoms. The maximum absolute atomic E-state index is 14.2. The molecule has 0 spiro atoms. The molecule has 264 valence electrons. The number of ether oxygens (including phenoxy) is 1. The second-order valence-electron chi connectivity index (χ2n) is 10.9. The van der Waals surface area contributed by atoms with E-state index in [1.54, 1.807) is 0 Å². The molecule has 0 saturated heterocycles. The van der Waals surface area contributed by atoms with E-state index in [4.69, 9.17) is 0 Å². The van der Waals surface area contributed by atoms with Gasteiger partial charge in [-0.1, -0.05) is 18.1 Å². The number of hydrogen-bond acceptors (Lipinski definition) is 6. The SMILES string of the molecule is CCc1cc2c(cc1C(F)(F)F)N(C(=O)OC(C)C(F)(F)F)CCC[C@@H]2N(Cc1cc(C(F)(F)F)cc(C(F)(F)F)c1)c1nnn(C)n1. The molecule has 2 aromatic carbocycles. The number of carbonyl (C=O) groups is 1. The number of aryl methyl sites for hydroxylation is 2. The Bertz CT molecular complexity index is 1600. The van der Waals surface area contributed by atoms with E-state index in [0.717, 1.165) is 15.8 Å². The minimum atomic E-state index is -5.20. The highest BCUT2D eigenvalue weighted by atomic mass is 19.4. The second kappa shape index (κ2) is 13.0. The zero-order valence-electron chi connectivity index (χ0n) is 25.1. The number of nitrogens with zero attached hydrogens (tertiary/aromatic N) is 6. The lowest BCUT2D eigenvalue weighted by Crippen LogP contribution is -2.39. The van der Waals surface area contributed by atoms with Gasteiger partial charge in [0.25, 0.3) is 5.95 Å². The quantitative estimate of drug-likeness (QED) is 0.241. The fourth-order valence-corrected chi connectivity index (χ4v) is 5.24. The van der Waals surface area contributed by atoms with Crippen molar-refractivity contribution in [2.45, 2.75) is 76.5 Å². The molecule has 0 fully saturated rings. The third-order valence-electron chi connectivity index (χ3n) is 7.54. The fraction of sp³-hybridized carbons (Fsp3) is 0.500. The Balaban J connectivity index is 1.94. The van der Waals surface area contributed by atoms with Crippen molar-refractivity contribution < 1.29 is 62.2 Å². The van der Waals surface area contributed by atoms with Crippen LogP contribution in [-0.4, -0.2) is 45.1 Å². The standard InChI is InChI=1S/C28H26F12N6O2/c1-4-16-10-19-21(6-5-7-45(22(19)12-20(16)28(38,39)40)24(47)48-14(2)25(29,30)31)46(23-41-43-44(3)42-23)13-15-8-17(26(32,33)34)11-18(9-15)27(35,36)37/h8-12,14,21H,4-7,13H2,1-3H3/t14?,21-/m0/s1. The van der Waals surface area contributed by atoms with Crippen LogP contribution in [0.15, 0.2) is 30.3 Å². The second-order valence-corrected chi connectivity index (χ2v) is 10.9. The zero-order chi connectivity index (χ0) is 36.0. The molecule has 1 aliphatic heterocycles. The van der Waals surface area contributed by atoms with Gasteiger partial charge in [-0.3, -0.25) is 4.90 Å². The third-order valence-corrected chi connectivity index (χ3v) is 7.54. The number of rotatable bonds is 6. The number of aromatic nitrogens is 4. The number of halogens is 12. The molecule has 1 unspecified atom stereocenters. The summed E-state index contributed by atoms with van der Waals surface area (Å²) in [5, 5.41) is 11.5. The summed E-state index contributed by atoms with van der Waals surface area (Å²) in [6.07, 6.45) is -25.1. The van der Waals surface area contributed by atoms with Gasteiger partial charge in [0.15, 0.2) is 6.10 Å². The Morgan fingerprint density at radius 2 is 1.54 bits per heavy atom. The van der Waals surface area contributed by atoms with Crippen LogP contribution in [0.5, 0.6) is 0 Å². The predicted molar refractivity (Wildman–Crippen MR) is 144 cm³/mol. The maximum Gasteiger partial charge on any atom is 0.425 e. The smallest absolute Gasteiger partial charge is 0.425 e. The number of fused-ring (bicyclic) bond motifs is 1. The van der Waals surface area contributed by atoms with Gasteiger partial charge in [-0.05, 0) is 72.4 Å². The van der Waals surface area contributed by atoms with Gasteiger partial charge in [-0.25, -0.2) is 4.79 Å². The van der Waals surface area contributed by atoms with Crippen LogP contribution in [0.25, 0.3) is 0 Å². The van der Waals surface area contributed by atoms with E-state index in [-0.39, 0.29) is 42.4 Å². The summed E-state index contributed by atoms with van der Waals surface area (Å²) in [5.41, 5.74) is -5.97. The minimum absolute atomic E-state index is 0.0764. The van der Waals surface area contributed by atoms with Crippen LogP contribution < -0.4 is 9.80 Å². The number of anilines is 2. The van der Waals surface area contributed by atoms with Crippen LogP contribution in [0.1, 0.15) is 66.1 Å². The third kappa shape index (κ3) is 8.05. The van der Waals surface area contributed by atoms with E-state index < -0.39 is 84.0 Å². The van der Waals surface area contributed by atoms with E-state index in [1.807, 2.05) is 0 Å². The van der Waals surface area contributed by atoms with E-state index in [1.165, 1.54) is 14.0 Å². The Hall–Kier alpha value is -4.26. The van der Waals surface area contributed by atoms with Crippen molar-refractivity contribution in [2.24, 2.45) is 7.05 Å². The molecular formula is C28H26F12N6O2. The molecule has 0 N–H and O–H groups in total. The molecule has 8 nitrogen and oxygen atoms in total. The van der Waals surface area contributed by atoms with E-state index in [2.05, 4.69) is 20.1 Å². The number of benzene rings is 2. The van der Waals surface area contributed by atoms with Gasteiger partial charge in [0.2, 0.25) is 0 Å². The van der Waals surface area contributed by atoms with Gasteiger partial charge in [-0.15, -0.1) is 5.10 Å². The summed E-state index contributed by atoms with van der Waals surface area (Å²) in [6.45, 7) is 0.676. The van der Waals surface area contributed by atoms with Crippen LogP contribution in [0.4, 0.5) is 69.1 Å². The summed E-state index contributed by atoms with van der Waals surface area (Å²) in [7, 11) is 1.30. The van der Waals surface area contributed by atoms with E-state index in [0.29, 0.717) is 30.0 Å². The topological polar surface area (TPSA) is 76.4 Å². The van der Waals surface area contributed by atoms with Crippen LogP contribution in [0.2, 0.25) is 0 Å². The molecule has 2 heterocycles. The summed E-state index contributed by atoms with van der Waals surface area (Å²) in [6, 6.07) is 1.20. The number of carbonyl (C=O) groups excluding carboxylic acids is 1. The Kier molecular flexibility index (Phi) is 9.89. The molecule has 3 aromatic rings. The van der Waals surface area contributed by atoms with Crippen molar-refractivity contribution in [1.29, 1.82) is 0 Å². The van der Waals surface area contributed by atoms with Gasteiger partial charge < -0.3 is 9.64 Å². The van der Waals surface area contributed by atoms with Gasteiger partial charge in [0.05, 0.1) is 35.5 Å². The first-order valence-corrected chi connectivity index (χ1v) is 14.1. The van der Waals surface area contributed by atoms with Gasteiger partial charge in [0.1, 0.15) is 0 Å². The first-order chi connectivity index (χ1) is 22.0. The highest BCUT2D eigenvalue weighted by Gasteiger charge is 2.43. The van der Waals surface area contributed by atoms with Gasteiger partial charge in [0, 0.05) is 13.1 Å². The molecule has 4 rings (SSSR count). The van der Waals surface area contributed by atoms with Crippen LogP contribution in [0.3, 0.4) is 0 Å². The maximum atomic E-state index is 14.2. The lowest BCUT2D eigenvalue weighted by Gasteiger charge is -2.33. The molecule has 0 aliphatic carbocycles. The Morgan fingerprint density at radius 3 is 2.02 bits per heavy atom. The summed E-state index contributed by atoms with van der Waals surface area (Å²) < 4.78 is 169. The normalized spacial score (nSPS) is 16.7. The monoisotopic (exact) mass is 706 g/mol. The molecule has 0 saturated carbocycles. The molecule has 20 heteroatoms. The average Bonchev–Trinajstić information content (AvgIpc) is 3.30. The molecule has 1 aromatic heterocycles. The lowest BCUT2D eigenvalue weighted by molar-refractivity contribution is -0.196. The summed E-state index contributed by atoms with van der Waals surface area (Å²) >= 11 is 0. The molecule has 0 radical (unpaired) electrons. The Morgan fingerprint density at radius 1 is 0.938 bits per heavy atom. The molecule has 2 atom stereocenters. The average molecular weight is 707 g/mol. The molecular weight excluding hydrogens is 680 g/mol. The van der Waals surface area contributed by atoms with Crippen molar-refractivity contribution in [1.82, 2.24) is 20.2 Å². The van der Waals surface area contributed by atoms with Crippen molar-refractivity contribution >= 4 is 17.7 Å². The van der Waals surface area contributed by atoms with Gasteiger partial charge >= 0.3 is 30.8 Å². The fourth-order valence-electron chi connectivity index (χ4n) is 5.24. The summed E-state index contributed by atoms with van der Waals surface area (Å²) in [5.74, 6) is -0.348. The molecule has 1 aliphatic rings. The minimum Gasteiger partial charge on any atom is -0.436 e. The van der Waals surface area contributed by atoms with Crippen molar-refractivity contribution in [3.8, 4) is 0 Å². The highest BCUT2D eigenvalue weighted by Crippen LogP contribution is 2.45. The zero-order valence-corrected chi connectivity index (χ0v) is 25.1. The summed E-state index contributed by atoms with van der Waals surface area (Å²) in [4.78, 5) is 15.7.